The highest BCUT2D eigenvalue weighted by molar-refractivity contribution is 7.17. The molecule has 1 atom stereocenters. The number of rotatable bonds is 4. The fraction of sp³-hybridized carbons (Fsp3) is 0.579. The van der Waals surface area contributed by atoms with Gasteiger partial charge in [0, 0.05) is 4.88 Å². The van der Waals surface area contributed by atoms with Gasteiger partial charge >= 0.3 is 5.97 Å². The van der Waals surface area contributed by atoms with Crippen molar-refractivity contribution in [2.45, 2.75) is 53.9 Å². The number of allylic oxidation sites excluding steroid dienone is 1. The quantitative estimate of drug-likeness (QED) is 0.639. The molecule has 1 aliphatic rings. The lowest BCUT2D eigenvalue weighted by molar-refractivity contribution is -0.111. The third-order valence-corrected chi connectivity index (χ3v) is 5.69. The van der Waals surface area contributed by atoms with Crippen LogP contribution in [0.5, 0.6) is 0 Å². The lowest BCUT2D eigenvalue weighted by Crippen LogP contribution is -2.26. The maximum Gasteiger partial charge on any atom is 0.341 e. The van der Waals surface area contributed by atoms with E-state index in [1.54, 1.807) is 19.9 Å². The summed E-state index contributed by atoms with van der Waals surface area (Å²) in [5.41, 5.74) is 1.86. The molecule has 0 radical (unpaired) electrons. The van der Waals surface area contributed by atoms with Gasteiger partial charge in [-0.3, -0.25) is 4.79 Å². The Balaban J connectivity index is 2.39. The number of hydrogen-bond donors (Lipinski definition) is 1. The van der Waals surface area contributed by atoms with Crippen LogP contribution < -0.4 is 5.32 Å². The molecule has 1 N–H and O–H groups in total. The number of carbonyl (C=O) groups excluding carboxylic acids is 2. The van der Waals surface area contributed by atoms with Gasteiger partial charge < -0.3 is 10.1 Å². The van der Waals surface area contributed by atoms with Gasteiger partial charge in [0.25, 0.3) is 0 Å². The smallest absolute Gasteiger partial charge is 0.341 e. The minimum absolute atomic E-state index is 0.214. The summed E-state index contributed by atoms with van der Waals surface area (Å²) in [6, 6.07) is 0. The fourth-order valence-electron chi connectivity index (χ4n) is 3.14. The van der Waals surface area contributed by atoms with E-state index in [1.165, 1.54) is 22.3 Å². The molecule has 0 aromatic carbocycles. The Bertz CT molecular complexity index is 652. The lowest BCUT2D eigenvalue weighted by atomic mass is 9.72. The van der Waals surface area contributed by atoms with Crippen LogP contribution in [0.4, 0.5) is 5.00 Å². The van der Waals surface area contributed by atoms with Crippen molar-refractivity contribution in [1.29, 1.82) is 0 Å². The van der Waals surface area contributed by atoms with Crippen molar-refractivity contribution >= 4 is 28.2 Å². The van der Waals surface area contributed by atoms with E-state index in [4.69, 9.17) is 4.74 Å². The zero-order valence-electron chi connectivity index (χ0n) is 15.2. The van der Waals surface area contributed by atoms with E-state index in [-0.39, 0.29) is 17.3 Å². The van der Waals surface area contributed by atoms with Crippen LogP contribution in [0.3, 0.4) is 0 Å². The van der Waals surface area contributed by atoms with Crippen LogP contribution in [0.2, 0.25) is 0 Å². The second kappa shape index (κ2) is 7.51. The van der Waals surface area contributed by atoms with Crippen LogP contribution >= 0.6 is 11.3 Å². The van der Waals surface area contributed by atoms with E-state index in [9.17, 15) is 9.59 Å². The molecule has 1 aromatic heterocycles. The van der Waals surface area contributed by atoms with E-state index in [0.717, 1.165) is 24.8 Å². The predicted molar refractivity (Wildman–Crippen MR) is 98.7 cm³/mol. The molecule has 132 valence electrons. The third-order valence-electron chi connectivity index (χ3n) is 4.52. The molecule has 0 spiro atoms. The SMILES string of the molecule is C/C=C/C(=O)Nc1sc2c(c1C(=O)OCC)CCC(C(C)(C)C)C2. The van der Waals surface area contributed by atoms with Crippen molar-refractivity contribution in [1.82, 2.24) is 0 Å². The van der Waals surface area contributed by atoms with Crippen molar-refractivity contribution in [3.8, 4) is 0 Å². The van der Waals surface area contributed by atoms with Crippen LogP contribution in [-0.4, -0.2) is 18.5 Å². The maximum atomic E-state index is 12.4. The topological polar surface area (TPSA) is 55.4 Å². The summed E-state index contributed by atoms with van der Waals surface area (Å²) in [5, 5.41) is 3.47. The summed E-state index contributed by atoms with van der Waals surface area (Å²) in [5.74, 6) is 0.0341. The summed E-state index contributed by atoms with van der Waals surface area (Å²) in [6.45, 7) is 10.7. The standard InChI is InChI=1S/C19H27NO3S/c1-6-8-15(21)20-17-16(18(22)23-7-2)13-10-9-12(19(3,4)5)11-14(13)24-17/h6,8,12H,7,9-11H2,1-5H3,(H,20,21)/b8-6+. The highest BCUT2D eigenvalue weighted by Crippen LogP contribution is 2.44. The van der Waals surface area contributed by atoms with Gasteiger partial charge in [-0.2, -0.15) is 0 Å². The van der Waals surface area contributed by atoms with Gasteiger partial charge in [-0.1, -0.05) is 26.8 Å². The minimum atomic E-state index is -0.333. The molecule has 5 heteroatoms. The van der Waals surface area contributed by atoms with Gasteiger partial charge in [0.2, 0.25) is 5.91 Å². The van der Waals surface area contributed by atoms with Gasteiger partial charge in [0.15, 0.2) is 0 Å². The van der Waals surface area contributed by atoms with Crippen molar-refractivity contribution in [2.24, 2.45) is 11.3 Å². The first-order chi connectivity index (χ1) is 11.3. The number of carbonyl (C=O) groups is 2. The summed E-state index contributed by atoms with van der Waals surface area (Å²) < 4.78 is 5.23. The number of fused-ring (bicyclic) bond motifs is 1. The Labute approximate surface area is 148 Å². The van der Waals surface area contributed by atoms with Gasteiger partial charge in [-0.05, 0) is 56.1 Å². The first-order valence-corrected chi connectivity index (χ1v) is 9.34. The molecule has 1 amide bonds. The second-order valence-corrected chi connectivity index (χ2v) is 8.33. The molecule has 2 rings (SSSR count). The van der Waals surface area contributed by atoms with E-state index >= 15 is 0 Å². The predicted octanol–water partition coefficient (Wildman–Crippen LogP) is 4.59. The van der Waals surface area contributed by atoms with Crippen LogP contribution in [0.25, 0.3) is 0 Å². The Kier molecular flexibility index (Phi) is 5.86. The normalized spacial score (nSPS) is 17.6. The van der Waals surface area contributed by atoms with Gasteiger partial charge in [0.1, 0.15) is 5.00 Å². The number of anilines is 1. The first kappa shape index (κ1) is 18.7. The van der Waals surface area contributed by atoms with Gasteiger partial charge in [-0.25, -0.2) is 4.79 Å². The van der Waals surface area contributed by atoms with Crippen LogP contribution in [0, 0.1) is 11.3 Å². The molecule has 24 heavy (non-hydrogen) atoms. The molecule has 0 fully saturated rings. The highest BCUT2D eigenvalue weighted by atomic mass is 32.1. The molecular weight excluding hydrogens is 322 g/mol. The summed E-state index contributed by atoms with van der Waals surface area (Å²) >= 11 is 1.52. The first-order valence-electron chi connectivity index (χ1n) is 8.53. The monoisotopic (exact) mass is 349 g/mol. The molecule has 1 unspecified atom stereocenters. The van der Waals surface area contributed by atoms with Crippen LogP contribution in [0.15, 0.2) is 12.2 Å². The number of esters is 1. The molecule has 0 saturated heterocycles. The Morgan fingerprint density at radius 1 is 1.38 bits per heavy atom. The Morgan fingerprint density at radius 3 is 2.67 bits per heavy atom. The zero-order chi connectivity index (χ0) is 17.9. The molecule has 0 saturated carbocycles. The van der Waals surface area contributed by atoms with Crippen molar-refractivity contribution in [3.05, 3.63) is 28.2 Å². The van der Waals surface area contributed by atoms with E-state index < -0.39 is 0 Å². The van der Waals surface area contributed by atoms with E-state index in [0.29, 0.717) is 23.1 Å². The molecule has 0 bridgehead atoms. The lowest BCUT2D eigenvalue weighted by Gasteiger charge is -2.33. The number of amides is 1. The van der Waals surface area contributed by atoms with E-state index in [1.807, 2.05) is 0 Å². The number of hydrogen-bond acceptors (Lipinski definition) is 4. The zero-order valence-corrected chi connectivity index (χ0v) is 16.0. The van der Waals surface area contributed by atoms with Crippen molar-refractivity contribution in [3.63, 3.8) is 0 Å². The molecule has 0 aliphatic heterocycles. The van der Waals surface area contributed by atoms with E-state index in [2.05, 4.69) is 26.1 Å². The minimum Gasteiger partial charge on any atom is -0.462 e. The number of thiophene rings is 1. The molecular formula is C19H27NO3S. The van der Waals surface area contributed by atoms with Gasteiger partial charge in [0.05, 0.1) is 12.2 Å². The van der Waals surface area contributed by atoms with Crippen LogP contribution in [0.1, 0.15) is 61.8 Å². The van der Waals surface area contributed by atoms with Crippen molar-refractivity contribution < 1.29 is 14.3 Å². The second-order valence-electron chi connectivity index (χ2n) is 7.22. The average Bonchev–Trinajstić information content (AvgIpc) is 2.83. The van der Waals surface area contributed by atoms with Crippen LogP contribution in [-0.2, 0) is 22.4 Å². The third kappa shape index (κ3) is 4.07. The van der Waals surface area contributed by atoms with Gasteiger partial charge in [-0.15, -0.1) is 11.3 Å². The highest BCUT2D eigenvalue weighted by Gasteiger charge is 2.34. The summed E-state index contributed by atoms with van der Waals surface area (Å²) in [7, 11) is 0. The number of ether oxygens (including phenoxy) is 1. The fourth-order valence-corrected chi connectivity index (χ4v) is 4.46. The summed E-state index contributed by atoms with van der Waals surface area (Å²) in [6.07, 6.45) is 6.02. The Hall–Kier alpha value is -1.62. The average molecular weight is 349 g/mol. The molecule has 1 heterocycles. The van der Waals surface area contributed by atoms with Crippen molar-refractivity contribution in [2.75, 3.05) is 11.9 Å². The molecule has 4 nitrogen and oxygen atoms in total. The largest absolute Gasteiger partial charge is 0.462 e. The molecule has 1 aliphatic carbocycles. The number of nitrogens with one attached hydrogen (secondary N) is 1. The molecule has 1 aromatic rings. The summed E-state index contributed by atoms with van der Waals surface area (Å²) in [4.78, 5) is 25.6. The maximum absolute atomic E-state index is 12.4. The Morgan fingerprint density at radius 2 is 2.08 bits per heavy atom.